The van der Waals surface area contributed by atoms with E-state index in [1.54, 1.807) is 12.1 Å². The quantitative estimate of drug-likeness (QED) is 0.564. The first-order chi connectivity index (χ1) is 14.8. The highest BCUT2D eigenvalue weighted by molar-refractivity contribution is 6.37. The molecule has 160 valence electrons. The largest absolute Gasteiger partial charge is 0.465 e. The maximum atomic E-state index is 12.6. The number of rotatable bonds is 5. The second-order valence-electron chi connectivity index (χ2n) is 6.46. The summed E-state index contributed by atoms with van der Waals surface area (Å²) in [6, 6.07) is 10.8. The number of hydrazine groups is 1. The fourth-order valence-corrected chi connectivity index (χ4v) is 2.72. The van der Waals surface area contributed by atoms with Crippen LogP contribution in [0.3, 0.4) is 0 Å². The zero-order chi connectivity index (χ0) is 22.5. The van der Waals surface area contributed by atoms with Gasteiger partial charge in [-0.2, -0.15) is 0 Å². The van der Waals surface area contributed by atoms with Gasteiger partial charge in [-0.05, 0) is 37.3 Å². The van der Waals surface area contributed by atoms with Gasteiger partial charge in [0.15, 0.2) is 0 Å². The molecule has 0 radical (unpaired) electrons. The maximum Gasteiger partial charge on any atom is 0.380 e. The number of hydrogen-bond acceptors (Lipinski definition) is 9. The number of hydrogen-bond donors (Lipinski definition) is 1. The average Bonchev–Trinajstić information content (AvgIpc) is 2.78. The topological polar surface area (TPSA) is 124 Å². The van der Waals surface area contributed by atoms with Crippen molar-refractivity contribution >= 4 is 35.3 Å². The maximum absolute atomic E-state index is 12.6. The zero-order valence-corrected chi connectivity index (χ0v) is 17.0. The van der Waals surface area contributed by atoms with Gasteiger partial charge < -0.3 is 14.2 Å². The molecule has 10 nitrogen and oxygen atoms in total. The first kappa shape index (κ1) is 21.5. The Balaban J connectivity index is 1.83. The number of ether oxygens (including phenoxy) is 3. The second kappa shape index (κ2) is 9.08. The smallest absolute Gasteiger partial charge is 0.380 e. The molecule has 1 N–H and O–H groups in total. The molecule has 0 aromatic heterocycles. The molecule has 0 unspecified atom stereocenters. The minimum atomic E-state index is -0.914. The average molecular weight is 425 g/mol. The lowest BCUT2D eigenvalue weighted by atomic mass is 10.1. The van der Waals surface area contributed by atoms with E-state index in [2.05, 4.69) is 19.9 Å². The summed E-state index contributed by atoms with van der Waals surface area (Å²) in [6.07, 6.45) is 0. The number of benzene rings is 2. The number of carbonyl (C=O) groups is 4. The second-order valence-corrected chi connectivity index (χ2v) is 6.46. The summed E-state index contributed by atoms with van der Waals surface area (Å²) in [4.78, 5) is 52.5. The molecule has 1 amide bonds. The van der Waals surface area contributed by atoms with Crippen molar-refractivity contribution in [3.8, 4) is 5.75 Å². The van der Waals surface area contributed by atoms with Crippen molar-refractivity contribution in [2.24, 2.45) is 4.99 Å². The van der Waals surface area contributed by atoms with Gasteiger partial charge in [0.25, 0.3) is 5.91 Å². The number of aliphatic imine (C=N–C) groups is 1. The van der Waals surface area contributed by atoms with Gasteiger partial charge in [0.05, 0.1) is 31.0 Å². The van der Waals surface area contributed by atoms with Crippen molar-refractivity contribution in [2.75, 3.05) is 25.8 Å². The Morgan fingerprint density at radius 3 is 2.06 bits per heavy atom. The summed E-state index contributed by atoms with van der Waals surface area (Å²) in [5.41, 5.74) is 4.14. The van der Waals surface area contributed by atoms with Crippen LogP contribution < -0.4 is 15.2 Å². The third-order valence-electron chi connectivity index (χ3n) is 4.28. The molecule has 3 rings (SSSR count). The van der Waals surface area contributed by atoms with Crippen LogP contribution in [0.4, 0.5) is 5.69 Å². The molecule has 31 heavy (non-hydrogen) atoms. The number of aryl methyl sites for hydroxylation is 1. The van der Waals surface area contributed by atoms with E-state index in [-0.39, 0.29) is 35.2 Å². The molecular formula is C21H19N3O7. The van der Waals surface area contributed by atoms with E-state index in [9.17, 15) is 19.2 Å². The third kappa shape index (κ3) is 4.86. The molecule has 1 aliphatic heterocycles. The van der Waals surface area contributed by atoms with Crippen molar-refractivity contribution < 1.29 is 33.4 Å². The third-order valence-corrected chi connectivity index (χ3v) is 4.28. The molecule has 2 aromatic rings. The van der Waals surface area contributed by atoms with E-state index in [0.29, 0.717) is 5.69 Å². The Hall–Kier alpha value is -4.21. The lowest BCUT2D eigenvalue weighted by molar-refractivity contribution is -0.127. The van der Waals surface area contributed by atoms with E-state index >= 15 is 0 Å². The summed E-state index contributed by atoms with van der Waals surface area (Å²) >= 11 is 0. The van der Waals surface area contributed by atoms with Crippen LogP contribution in [0.25, 0.3) is 0 Å². The van der Waals surface area contributed by atoms with E-state index in [1.165, 1.54) is 37.4 Å². The van der Waals surface area contributed by atoms with Crippen molar-refractivity contribution in [2.45, 2.75) is 6.92 Å². The molecule has 0 saturated carbocycles. The van der Waals surface area contributed by atoms with Crippen LogP contribution in [0.1, 0.15) is 26.3 Å². The van der Waals surface area contributed by atoms with Gasteiger partial charge in [-0.25, -0.2) is 19.4 Å². The van der Waals surface area contributed by atoms with Gasteiger partial charge in [0, 0.05) is 0 Å². The number of nitrogens with zero attached hydrogens (tertiary/aromatic N) is 2. The predicted molar refractivity (Wildman–Crippen MR) is 109 cm³/mol. The lowest BCUT2D eigenvalue weighted by Gasteiger charge is -2.27. The van der Waals surface area contributed by atoms with Crippen LogP contribution in [0.2, 0.25) is 0 Å². The van der Waals surface area contributed by atoms with Crippen LogP contribution in [-0.4, -0.2) is 50.4 Å². The number of methoxy groups -OCH3 is 2. The van der Waals surface area contributed by atoms with Crippen molar-refractivity contribution in [1.29, 1.82) is 0 Å². The van der Waals surface area contributed by atoms with Gasteiger partial charge in [0.2, 0.25) is 5.84 Å². The molecule has 10 heteroatoms. The van der Waals surface area contributed by atoms with E-state index < -0.39 is 17.9 Å². The number of amidine groups is 1. The SMILES string of the molecule is COC(=O)c1cc(OC(=O)C2=NCC(=O)N(c3ccc(C)cc3)N2)cc(C(=O)OC)c1. The fourth-order valence-electron chi connectivity index (χ4n) is 2.72. The molecule has 1 aliphatic rings. The van der Waals surface area contributed by atoms with E-state index in [4.69, 9.17) is 4.74 Å². The molecule has 2 aromatic carbocycles. The zero-order valence-electron chi connectivity index (χ0n) is 17.0. The van der Waals surface area contributed by atoms with Crippen LogP contribution in [0.15, 0.2) is 47.5 Å². The number of carbonyl (C=O) groups excluding carboxylic acids is 4. The Morgan fingerprint density at radius 2 is 1.52 bits per heavy atom. The number of esters is 3. The van der Waals surface area contributed by atoms with Gasteiger partial charge in [-0.15, -0.1) is 0 Å². The van der Waals surface area contributed by atoms with Crippen LogP contribution in [0, 0.1) is 6.92 Å². The monoisotopic (exact) mass is 425 g/mol. The number of anilines is 1. The van der Waals surface area contributed by atoms with Crippen LogP contribution in [-0.2, 0) is 19.1 Å². The highest BCUT2D eigenvalue weighted by Gasteiger charge is 2.27. The summed E-state index contributed by atoms with van der Waals surface area (Å²) in [5.74, 6) is -3.05. The summed E-state index contributed by atoms with van der Waals surface area (Å²) in [7, 11) is 2.35. The minimum Gasteiger partial charge on any atom is -0.465 e. The Kier molecular flexibility index (Phi) is 6.29. The molecule has 1 heterocycles. The highest BCUT2D eigenvalue weighted by Crippen LogP contribution is 2.20. The first-order valence-electron chi connectivity index (χ1n) is 9.07. The van der Waals surface area contributed by atoms with Crippen LogP contribution in [0.5, 0.6) is 5.75 Å². The van der Waals surface area contributed by atoms with Gasteiger partial charge in [-0.1, -0.05) is 17.7 Å². The molecule has 0 bridgehead atoms. The van der Waals surface area contributed by atoms with E-state index in [1.807, 2.05) is 19.1 Å². The standard InChI is InChI=1S/C21H19N3O7/c1-12-4-6-15(7-5-12)24-17(25)11-22-18(23-24)21(28)31-16-9-13(19(26)29-2)8-14(10-16)20(27)30-3/h4-10H,11H2,1-3H3,(H,22,23). The van der Waals surface area contributed by atoms with Crippen molar-refractivity contribution in [3.05, 3.63) is 59.2 Å². The molecule has 0 aliphatic carbocycles. The Labute approximate surface area is 177 Å². The summed E-state index contributed by atoms with van der Waals surface area (Å²) < 4.78 is 14.6. The Morgan fingerprint density at radius 1 is 0.935 bits per heavy atom. The fraction of sp³-hybridized carbons (Fsp3) is 0.190. The molecule has 0 atom stereocenters. The van der Waals surface area contributed by atoms with Crippen molar-refractivity contribution in [1.82, 2.24) is 5.43 Å². The normalized spacial score (nSPS) is 13.1. The predicted octanol–water partition coefficient (Wildman–Crippen LogP) is 1.42. The van der Waals surface area contributed by atoms with Crippen molar-refractivity contribution in [3.63, 3.8) is 0 Å². The number of nitrogens with one attached hydrogen (secondary N) is 1. The summed E-state index contributed by atoms with van der Waals surface area (Å²) in [6.45, 7) is 1.64. The first-order valence-corrected chi connectivity index (χ1v) is 9.07. The Bertz CT molecular complexity index is 1040. The number of amides is 1. The molecular weight excluding hydrogens is 406 g/mol. The highest BCUT2D eigenvalue weighted by atomic mass is 16.5. The molecule has 0 saturated heterocycles. The van der Waals surface area contributed by atoms with Gasteiger partial charge in [-0.3, -0.25) is 15.2 Å². The summed E-state index contributed by atoms with van der Waals surface area (Å²) in [5, 5.41) is 1.19. The van der Waals surface area contributed by atoms with Gasteiger partial charge in [0.1, 0.15) is 12.3 Å². The molecule has 0 spiro atoms. The minimum absolute atomic E-state index is 0.0109. The molecule has 0 fully saturated rings. The van der Waals surface area contributed by atoms with Gasteiger partial charge >= 0.3 is 17.9 Å². The van der Waals surface area contributed by atoms with E-state index in [0.717, 1.165) is 5.56 Å². The van der Waals surface area contributed by atoms with Crippen LogP contribution >= 0.6 is 0 Å². The lowest BCUT2D eigenvalue weighted by Crippen LogP contribution is -2.54.